The molecule has 0 spiro atoms. The second-order valence-corrected chi connectivity index (χ2v) is 5.24. The van der Waals surface area contributed by atoms with Crippen molar-refractivity contribution in [3.05, 3.63) is 42.5 Å². The van der Waals surface area contributed by atoms with Crippen LogP contribution in [0.4, 0.5) is 5.69 Å². The van der Waals surface area contributed by atoms with Gasteiger partial charge in [-0.25, -0.2) is 4.98 Å². The number of benzene rings is 2. The Morgan fingerprint density at radius 3 is 2.77 bits per heavy atom. The summed E-state index contributed by atoms with van der Waals surface area (Å²) in [6, 6.07) is 13.6. The average molecular weight is 296 g/mol. The molecule has 0 unspecified atom stereocenters. The van der Waals surface area contributed by atoms with Gasteiger partial charge in [0, 0.05) is 24.4 Å². The van der Waals surface area contributed by atoms with Crippen molar-refractivity contribution in [1.29, 1.82) is 0 Å². The fourth-order valence-corrected chi connectivity index (χ4v) is 2.25. The molecule has 0 saturated carbocycles. The lowest BCUT2D eigenvalue weighted by atomic mass is 10.2. The molecule has 1 fully saturated rings. The molecule has 5 heteroatoms. The lowest BCUT2D eigenvalue weighted by Crippen LogP contribution is -2.03. The van der Waals surface area contributed by atoms with Gasteiger partial charge in [0.05, 0.1) is 6.61 Å². The van der Waals surface area contributed by atoms with E-state index in [1.165, 1.54) is 0 Å². The molecule has 5 nitrogen and oxygen atoms in total. The lowest BCUT2D eigenvalue weighted by molar-refractivity contribution is 0.263. The number of aromatic nitrogens is 1. The summed E-state index contributed by atoms with van der Waals surface area (Å²) in [5, 5.41) is 3.09. The summed E-state index contributed by atoms with van der Waals surface area (Å²) in [5.74, 6) is 1.39. The molecule has 4 rings (SSSR count). The molecule has 0 radical (unpaired) electrons. The van der Waals surface area contributed by atoms with Crippen molar-refractivity contribution in [2.45, 2.75) is 6.10 Å². The second kappa shape index (κ2) is 5.35. The summed E-state index contributed by atoms with van der Waals surface area (Å²) >= 11 is 0. The van der Waals surface area contributed by atoms with E-state index in [0.29, 0.717) is 12.5 Å². The summed E-state index contributed by atoms with van der Waals surface area (Å²) in [7, 11) is 1.89. The number of nitrogens with zero attached hydrogens (tertiary/aromatic N) is 1. The van der Waals surface area contributed by atoms with Gasteiger partial charge in [-0.2, -0.15) is 0 Å². The number of anilines is 1. The molecule has 1 aliphatic heterocycles. The van der Waals surface area contributed by atoms with Gasteiger partial charge in [0.2, 0.25) is 5.89 Å². The minimum absolute atomic E-state index is 0.242. The maximum atomic E-state index is 5.85. The van der Waals surface area contributed by atoms with E-state index in [-0.39, 0.29) is 6.10 Å². The molecular weight excluding hydrogens is 280 g/mol. The van der Waals surface area contributed by atoms with E-state index in [1.807, 2.05) is 49.5 Å². The number of nitrogens with one attached hydrogen (secondary N) is 1. The highest BCUT2D eigenvalue weighted by atomic mass is 16.6. The van der Waals surface area contributed by atoms with Crippen LogP contribution in [-0.4, -0.2) is 31.3 Å². The second-order valence-electron chi connectivity index (χ2n) is 5.24. The normalized spacial score (nSPS) is 16.7. The monoisotopic (exact) mass is 296 g/mol. The van der Waals surface area contributed by atoms with Gasteiger partial charge in [-0.3, -0.25) is 0 Å². The van der Waals surface area contributed by atoms with Crippen LogP contribution in [0.3, 0.4) is 0 Å². The van der Waals surface area contributed by atoms with Gasteiger partial charge < -0.3 is 19.2 Å². The summed E-state index contributed by atoms with van der Waals surface area (Å²) in [5.41, 5.74) is 3.55. The van der Waals surface area contributed by atoms with Crippen LogP contribution in [0.5, 0.6) is 5.75 Å². The summed E-state index contributed by atoms with van der Waals surface area (Å²) in [6.07, 6.45) is 0.242. The molecule has 3 aromatic rings. The summed E-state index contributed by atoms with van der Waals surface area (Å²) in [6.45, 7) is 1.37. The number of epoxide rings is 1. The van der Waals surface area contributed by atoms with Gasteiger partial charge in [0.25, 0.3) is 0 Å². The topological polar surface area (TPSA) is 59.8 Å². The number of hydrogen-bond donors (Lipinski definition) is 1. The Kier molecular flexibility index (Phi) is 3.20. The molecular formula is C17H16N2O3. The van der Waals surface area contributed by atoms with Crippen LogP contribution in [-0.2, 0) is 4.74 Å². The van der Waals surface area contributed by atoms with Crippen molar-refractivity contribution in [2.75, 3.05) is 25.6 Å². The van der Waals surface area contributed by atoms with Crippen LogP contribution >= 0.6 is 0 Å². The number of oxazole rings is 1. The highest BCUT2D eigenvalue weighted by Crippen LogP contribution is 2.28. The van der Waals surface area contributed by atoms with Gasteiger partial charge in [-0.05, 0) is 36.4 Å². The third-order valence-corrected chi connectivity index (χ3v) is 3.62. The quantitative estimate of drug-likeness (QED) is 0.732. The van der Waals surface area contributed by atoms with E-state index in [0.717, 1.165) is 34.7 Å². The first-order valence-electron chi connectivity index (χ1n) is 7.25. The predicted molar refractivity (Wildman–Crippen MR) is 84.2 cm³/mol. The van der Waals surface area contributed by atoms with Crippen LogP contribution < -0.4 is 10.1 Å². The minimum Gasteiger partial charge on any atom is -0.491 e. The molecule has 0 amide bonds. The zero-order chi connectivity index (χ0) is 14.9. The zero-order valence-corrected chi connectivity index (χ0v) is 12.2. The Labute approximate surface area is 127 Å². The molecule has 0 aliphatic carbocycles. The molecule has 1 N–H and O–H groups in total. The predicted octanol–water partition coefficient (Wildman–Crippen LogP) is 3.31. The molecule has 112 valence electrons. The minimum atomic E-state index is 0.242. The molecule has 1 aromatic heterocycles. The molecule has 22 heavy (non-hydrogen) atoms. The van der Waals surface area contributed by atoms with E-state index >= 15 is 0 Å². The maximum Gasteiger partial charge on any atom is 0.227 e. The van der Waals surface area contributed by atoms with Crippen molar-refractivity contribution >= 4 is 16.8 Å². The van der Waals surface area contributed by atoms with Crippen molar-refractivity contribution in [1.82, 2.24) is 4.98 Å². The number of hydrogen-bond acceptors (Lipinski definition) is 5. The standard InChI is InChI=1S/C17H16N2O3/c1-18-12-4-2-11(3-5-12)17-19-15-7-6-13(8-16(15)22-17)20-9-14-10-21-14/h2-8,14,18H,9-10H2,1H3/t14-/m1/s1. The van der Waals surface area contributed by atoms with Crippen molar-refractivity contribution in [3.63, 3.8) is 0 Å². The van der Waals surface area contributed by atoms with Crippen molar-refractivity contribution < 1.29 is 13.9 Å². The van der Waals surface area contributed by atoms with E-state index in [2.05, 4.69) is 10.3 Å². The van der Waals surface area contributed by atoms with E-state index in [4.69, 9.17) is 13.9 Å². The first kappa shape index (κ1) is 13.2. The third kappa shape index (κ3) is 2.63. The number of rotatable bonds is 5. The van der Waals surface area contributed by atoms with Crippen LogP contribution in [0.15, 0.2) is 46.9 Å². The third-order valence-electron chi connectivity index (χ3n) is 3.62. The number of fused-ring (bicyclic) bond motifs is 1. The molecule has 1 aliphatic rings. The average Bonchev–Trinajstić information content (AvgIpc) is 3.30. The SMILES string of the molecule is CNc1ccc(-c2nc3ccc(OC[C@@H]4CO4)cc3o2)cc1. The zero-order valence-electron chi connectivity index (χ0n) is 12.2. The van der Waals surface area contributed by atoms with Crippen LogP contribution in [0.2, 0.25) is 0 Å². The highest BCUT2D eigenvalue weighted by molar-refractivity contribution is 5.77. The van der Waals surface area contributed by atoms with E-state index in [1.54, 1.807) is 0 Å². The Balaban J connectivity index is 1.60. The van der Waals surface area contributed by atoms with Gasteiger partial charge in [-0.15, -0.1) is 0 Å². The molecule has 0 bridgehead atoms. The summed E-state index contributed by atoms with van der Waals surface area (Å²) in [4.78, 5) is 4.52. The fraction of sp³-hybridized carbons (Fsp3) is 0.235. The van der Waals surface area contributed by atoms with Crippen LogP contribution in [0.1, 0.15) is 0 Å². The van der Waals surface area contributed by atoms with Gasteiger partial charge in [0.1, 0.15) is 24.0 Å². The molecule has 2 aromatic carbocycles. The Bertz CT molecular complexity index is 791. The summed E-state index contributed by atoms with van der Waals surface area (Å²) < 4.78 is 16.6. The van der Waals surface area contributed by atoms with Crippen LogP contribution in [0, 0.1) is 0 Å². The number of ether oxygens (including phenoxy) is 2. The van der Waals surface area contributed by atoms with Gasteiger partial charge in [0.15, 0.2) is 5.58 Å². The Morgan fingerprint density at radius 1 is 1.23 bits per heavy atom. The molecule has 1 saturated heterocycles. The van der Waals surface area contributed by atoms with Crippen LogP contribution in [0.25, 0.3) is 22.6 Å². The fourth-order valence-electron chi connectivity index (χ4n) is 2.25. The first-order valence-corrected chi connectivity index (χ1v) is 7.25. The highest BCUT2D eigenvalue weighted by Gasteiger charge is 2.23. The van der Waals surface area contributed by atoms with E-state index in [9.17, 15) is 0 Å². The van der Waals surface area contributed by atoms with Gasteiger partial charge in [-0.1, -0.05) is 0 Å². The maximum absolute atomic E-state index is 5.85. The van der Waals surface area contributed by atoms with Crippen molar-refractivity contribution in [2.24, 2.45) is 0 Å². The molecule has 1 atom stereocenters. The largest absolute Gasteiger partial charge is 0.491 e. The smallest absolute Gasteiger partial charge is 0.227 e. The van der Waals surface area contributed by atoms with Gasteiger partial charge >= 0.3 is 0 Å². The Morgan fingerprint density at radius 2 is 2.05 bits per heavy atom. The molecule has 2 heterocycles. The lowest BCUT2D eigenvalue weighted by Gasteiger charge is -2.02. The Hall–Kier alpha value is -2.53. The van der Waals surface area contributed by atoms with E-state index < -0.39 is 0 Å². The first-order chi connectivity index (χ1) is 10.8. The van der Waals surface area contributed by atoms with Crippen molar-refractivity contribution in [3.8, 4) is 17.2 Å².